The summed E-state index contributed by atoms with van der Waals surface area (Å²) >= 11 is 0. The van der Waals surface area contributed by atoms with E-state index in [0.717, 1.165) is 5.69 Å². The lowest BCUT2D eigenvalue weighted by atomic mass is 10.3. The Labute approximate surface area is 87.8 Å². The number of ether oxygens (including phenoxy) is 1. The first kappa shape index (κ1) is 9.92. The van der Waals surface area contributed by atoms with Gasteiger partial charge in [-0.15, -0.1) is 0 Å². The van der Waals surface area contributed by atoms with E-state index in [0.29, 0.717) is 11.4 Å². The van der Waals surface area contributed by atoms with Gasteiger partial charge in [-0.3, -0.25) is 9.78 Å². The second kappa shape index (κ2) is 3.51. The fourth-order valence-electron chi connectivity index (χ4n) is 1.51. The predicted molar refractivity (Wildman–Crippen MR) is 55.9 cm³/mol. The van der Waals surface area contributed by atoms with Gasteiger partial charge in [0.05, 0.1) is 6.20 Å². The van der Waals surface area contributed by atoms with Crippen molar-refractivity contribution < 1.29 is 9.53 Å². The molecule has 0 radical (unpaired) electrons. The molecule has 1 aliphatic heterocycles. The molecule has 0 aliphatic carbocycles. The zero-order valence-electron chi connectivity index (χ0n) is 8.73. The van der Waals surface area contributed by atoms with Gasteiger partial charge in [0.25, 0.3) is 0 Å². The molecule has 0 bridgehead atoms. The van der Waals surface area contributed by atoms with Crippen molar-refractivity contribution in [1.29, 1.82) is 0 Å². The Bertz CT molecular complexity index is 406. The van der Waals surface area contributed by atoms with Crippen LogP contribution in [0.2, 0.25) is 0 Å². The van der Waals surface area contributed by atoms with Crippen molar-refractivity contribution in [3.05, 3.63) is 18.0 Å². The van der Waals surface area contributed by atoms with Crippen LogP contribution in [0, 0.1) is 6.92 Å². The van der Waals surface area contributed by atoms with Crippen molar-refractivity contribution in [2.75, 3.05) is 18.6 Å². The zero-order chi connectivity index (χ0) is 11.0. The lowest BCUT2D eigenvalue weighted by Gasteiger charge is -2.16. The minimum Gasteiger partial charge on any atom is -0.489 e. The first-order chi connectivity index (χ1) is 7.09. The summed E-state index contributed by atoms with van der Waals surface area (Å²) in [6.45, 7) is 2.08. The largest absolute Gasteiger partial charge is 0.489 e. The van der Waals surface area contributed by atoms with Gasteiger partial charge < -0.3 is 15.4 Å². The summed E-state index contributed by atoms with van der Waals surface area (Å²) in [4.78, 5) is 17.3. The van der Waals surface area contributed by atoms with Crippen LogP contribution in [0.1, 0.15) is 5.69 Å². The lowest BCUT2D eigenvalue weighted by molar-refractivity contribution is -0.119. The minimum absolute atomic E-state index is 0.153. The molecule has 0 spiro atoms. The van der Waals surface area contributed by atoms with E-state index in [9.17, 15) is 4.79 Å². The number of hydrogen-bond donors (Lipinski definition) is 1. The molecule has 1 aromatic heterocycles. The molecule has 0 saturated heterocycles. The molecule has 2 N–H and O–H groups in total. The highest BCUT2D eigenvalue weighted by Crippen LogP contribution is 2.29. The molecule has 0 fully saturated rings. The van der Waals surface area contributed by atoms with E-state index < -0.39 is 6.04 Å². The summed E-state index contributed by atoms with van der Waals surface area (Å²) < 4.78 is 5.45. The number of aryl methyl sites for hydroxylation is 1. The monoisotopic (exact) mass is 207 g/mol. The molecule has 1 atom stereocenters. The van der Waals surface area contributed by atoms with E-state index in [1.165, 1.54) is 4.90 Å². The number of aromatic nitrogens is 1. The third kappa shape index (κ3) is 1.66. The average Bonchev–Trinajstić information content (AvgIpc) is 2.32. The zero-order valence-corrected chi connectivity index (χ0v) is 8.73. The van der Waals surface area contributed by atoms with Gasteiger partial charge in [-0.1, -0.05) is 0 Å². The standard InChI is InChI=1S/C10H13N3O2/c1-6-3-9-8(4-12-6)13(2)10(14)7(11)5-15-9/h3-4,7H,5,11H2,1-2H3/t7-/m0/s1. The second-order valence-corrected chi connectivity index (χ2v) is 3.61. The Balaban J connectivity index is 2.47. The van der Waals surface area contributed by atoms with E-state index in [-0.39, 0.29) is 12.5 Å². The summed E-state index contributed by atoms with van der Waals surface area (Å²) in [6.07, 6.45) is 1.63. The van der Waals surface area contributed by atoms with Crippen molar-refractivity contribution >= 4 is 11.6 Å². The van der Waals surface area contributed by atoms with Crippen LogP contribution in [0.4, 0.5) is 5.69 Å². The number of rotatable bonds is 0. The van der Waals surface area contributed by atoms with Gasteiger partial charge in [-0.05, 0) is 6.92 Å². The summed E-state index contributed by atoms with van der Waals surface area (Å²) in [5.41, 5.74) is 7.17. The van der Waals surface area contributed by atoms with Crippen LogP contribution in [0.5, 0.6) is 5.75 Å². The lowest BCUT2D eigenvalue weighted by Crippen LogP contribution is -2.43. The Morgan fingerprint density at radius 3 is 3.13 bits per heavy atom. The number of likely N-dealkylation sites (N-methyl/N-ethyl adjacent to an activating group) is 1. The summed E-state index contributed by atoms with van der Waals surface area (Å²) in [6, 6.07) is 1.19. The second-order valence-electron chi connectivity index (χ2n) is 3.61. The van der Waals surface area contributed by atoms with Gasteiger partial charge in [0.15, 0.2) is 0 Å². The first-order valence-corrected chi connectivity index (χ1v) is 4.72. The smallest absolute Gasteiger partial charge is 0.247 e. The van der Waals surface area contributed by atoms with Crippen LogP contribution in [-0.4, -0.2) is 30.6 Å². The molecule has 1 aromatic rings. The molecule has 80 valence electrons. The molecule has 0 saturated carbocycles. The molecule has 0 aromatic carbocycles. The molecular formula is C10H13N3O2. The highest BCUT2D eigenvalue weighted by molar-refractivity contribution is 5.98. The van der Waals surface area contributed by atoms with Gasteiger partial charge in [-0.2, -0.15) is 0 Å². The van der Waals surface area contributed by atoms with Crippen molar-refractivity contribution in [3.63, 3.8) is 0 Å². The van der Waals surface area contributed by atoms with Gasteiger partial charge in [0, 0.05) is 18.8 Å². The highest BCUT2D eigenvalue weighted by atomic mass is 16.5. The highest BCUT2D eigenvalue weighted by Gasteiger charge is 2.26. The van der Waals surface area contributed by atoms with E-state index in [4.69, 9.17) is 10.5 Å². The first-order valence-electron chi connectivity index (χ1n) is 4.72. The van der Waals surface area contributed by atoms with Crippen molar-refractivity contribution in [3.8, 4) is 5.75 Å². The maximum Gasteiger partial charge on any atom is 0.247 e. The molecule has 2 heterocycles. The fourth-order valence-corrected chi connectivity index (χ4v) is 1.51. The van der Waals surface area contributed by atoms with Crippen molar-refractivity contribution in [1.82, 2.24) is 4.98 Å². The summed E-state index contributed by atoms with van der Waals surface area (Å²) in [5.74, 6) is 0.505. The third-order valence-electron chi connectivity index (χ3n) is 2.41. The number of amides is 1. The Morgan fingerprint density at radius 2 is 2.40 bits per heavy atom. The molecule has 2 rings (SSSR count). The van der Waals surface area contributed by atoms with E-state index in [1.54, 1.807) is 19.3 Å². The molecule has 0 unspecified atom stereocenters. The minimum atomic E-state index is -0.609. The van der Waals surface area contributed by atoms with E-state index in [1.807, 2.05) is 6.92 Å². The van der Waals surface area contributed by atoms with Crippen molar-refractivity contribution in [2.45, 2.75) is 13.0 Å². The van der Waals surface area contributed by atoms with Crippen molar-refractivity contribution in [2.24, 2.45) is 5.73 Å². The van der Waals surface area contributed by atoms with Crippen LogP contribution in [0.25, 0.3) is 0 Å². The fraction of sp³-hybridized carbons (Fsp3) is 0.400. The van der Waals surface area contributed by atoms with E-state index in [2.05, 4.69) is 4.98 Å². The number of nitrogens with two attached hydrogens (primary N) is 1. The number of anilines is 1. The number of hydrogen-bond acceptors (Lipinski definition) is 4. The van der Waals surface area contributed by atoms with Gasteiger partial charge in [-0.25, -0.2) is 0 Å². The predicted octanol–water partition coefficient (Wildman–Crippen LogP) is 0.0725. The molecule has 5 nitrogen and oxygen atoms in total. The molecule has 1 amide bonds. The number of pyridine rings is 1. The van der Waals surface area contributed by atoms with Crippen LogP contribution >= 0.6 is 0 Å². The Kier molecular flexibility index (Phi) is 2.32. The number of carbonyl (C=O) groups excluding carboxylic acids is 1. The molecule has 1 aliphatic rings. The van der Waals surface area contributed by atoms with Crippen LogP contribution in [-0.2, 0) is 4.79 Å². The van der Waals surface area contributed by atoms with E-state index >= 15 is 0 Å². The van der Waals surface area contributed by atoms with Crippen LogP contribution < -0.4 is 15.4 Å². The summed E-state index contributed by atoms with van der Waals surface area (Å²) in [7, 11) is 1.67. The normalized spacial score (nSPS) is 20.6. The van der Waals surface area contributed by atoms with Crippen LogP contribution in [0.15, 0.2) is 12.3 Å². The SMILES string of the molecule is Cc1cc2c(cn1)N(C)C(=O)[C@@H](N)CO2. The van der Waals surface area contributed by atoms with Crippen LogP contribution in [0.3, 0.4) is 0 Å². The number of carbonyl (C=O) groups is 1. The average molecular weight is 207 g/mol. The third-order valence-corrected chi connectivity index (χ3v) is 2.41. The maximum absolute atomic E-state index is 11.7. The topological polar surface area (TPSA) is 68.5 Å². The molecule has 5 heteroatoms. The summed E-state index contributed by atoms with van der Waals surface area (Å²) in [5, 5.41) is 0. The van der Waals surface area contributed by atoms with Gasteiger partial charge in [0.2, 0.25) is 5.91 Å². The van der Waals surface area contributed by atoms with Gasteiger partial charge in [0.1, 0.15) is 24.1 Å². The van der Waals surface area contributed by atoms with Gasteiger partial charge >= 0.3 is 0 Å². The maximum atomic E-state index is 11.7. The molecular weight excluding hydrogens is 194 g/mol. The Morgan fingerprint density at radius 1 is 1.67 bits per heavy atom. The number of fused-ring (bicyclic) bond motifs is 1. The molecule has 15 heavy (non-hydrogen) atoms. The number of nitrogens with zero attached hydrogens (tertiary/aromatic N) is 2. The Hall–Kier alpha value is -1.62. The quantitative estimate of drug-likeness (QED) is 0.653.